The Morgan fingerprint density at radius 3 is 2.50 bits per heavy atom. The third kappa shape index (κ3) is 1.61. The highest BCUT2D eigenvalue weighted by Gasteiger charge is 2.38. The minimum absolute atomic E-state index is 0.0145. The SMILES string of the molecule is N#CC1(CC2CO2)CCCCC1. The number of rotatable bonds is 2. The van der Waals surface area contributed by atoms with Gasteiger partial charge in [0, 0.05) is 0 Å². The molecule has 2 rings (SSSR count). The lowest BCUT2D eigenvalue weighted by atomic mass is 9.72. The van der Waals surface area contributed by atoms with Crippen molar-refractivity contribution in [3.63, 3.8) is 0 Å². The van der Waals surface area contributed by atoms with E-state index in [-0.39, 0.29) is 5.41 Å². The second-order valence-corrected chi connectivity index (χ2v) is 4.11. The molecule has 0 aromatic heterocycles. The van der Waals surface area contributed by atoms with Gasteiger partial charge in [0.1, 0.15) is 0 Å². The van der Waals surface area contributed by atoms with Crippen LogP contribution >= 0.6 is 0 Å². The Labute approximate surface area is 73.5 Å². The summed E-state index contributed by atoms with van der Waals surface area (Å²) in [4.78, 5) is 0. The molecular weight excluding hydrogens is 150 g/mol. The Bertz CT molecular complexity index is 196. The smallest absolute Gasteiger partial charge is 0.0825 e. The first kappa shape index (κ1) is 8.07. The summed E-state index contributed by atoms with van der Waals surface area (Å²) in [5.41, 5.74) is -0.0145. The minimum Gasteiger partial charge on any atom is -0.373 e. The maximum atomic E-state index is 9.11. The number of ether oxygens (including phenoxy) is 1. The van der Waals surface area contributed by atoms with E-state index in [2.05, 4.69) is 6.07 Å². The van der Waals surface area contributed by atoms with Gasteiger partial charge in [0.2, 0.25) is 0 Å². The van der Waals surface area contributed by atoms with Gasteiger partial charge >= 0.3 is 0 Å². The Morgan fingerprint density at radius 2 is 2.00 bits per heavy atom. The molecule has 1 saturated heterocycles. The molecule has 1 atom stereocenters. The van der Waals surface area contributed by atoms with Crippen molar-refractivity contribution in [2.75, 3.05) is 6.61 Å². The van der Waals surface area contributed by atoms with Crippen molar-refractivity contribution in [1.82, 2.24) is 0 Å². The standard InChI is InChI=1S/C10H15NO/c11-8-10(6-9-7-12-9)4-2-1-3-5-10/h9H,1-7H2. The zero-order valence-corrected chi connectivity index (χ0v) is 7.38. The number of nitrogens with zero attached hydrogens (tertiary/aromatic N) is 1. The minimum atomic E-state index is -0.0145. The molecule has 12 heavy (non-hydrogen) atoms. The van der Waals surface area contributed by atoms with Crippen LogP contribution in [0.15, 0.2) is 0 Å². The maximum Gasteiger partial charge on any atom is 0.0825 e. The van der Waals surface area contributed by atoms with Crippen LogP contribution in [0.4, 0.5) is 0 Å². The molecule has 0 radical (unpaired) electrons. The van der Waals surface area contributed by atoms with Crippen molar-refractivity contribution in [3.8, 4) is 6.07 Å². The van der Waals surface area contributed by atoms with E-state index in [1.54, 1.807) is 0 Å². The molecule has 2 aliphatic rings. The van der Waals surface area contributed by atoms with Crippen molar-refractivity contribution in [2.24, 2.45) is 5.41 Å². The zero-order valence-electron chi connectivity index (χ0n) is 7.38. The summed E-state index contributed by atoms with van der Waals surface area (Å²) < 4.78 is 5.19. The summed E-state index contributed by atoms with van der Waals surface area (Å²) in [5.74, 6) is 0. The molecule has 1 saturated carbocycles. The lowest BCUT2D eigenvalue weighted by Gasteiger charge is -2.29. The summed E-state index contributed by atoms with van der Waals surface area (Å²) in [6, 6.07) is 2.51. The average molecular weight is 165 g/mol. The third-order valence-electron chi connectivity index (χ3n) is 3.07. The van der Waals surface area contributed by atoms with E-state index in [9.17, 15) is 0 Å². The molecule has 1 heterocycles. The van der Waals surface area contributed by atoms with Crippen LogP contribution in [0, 0.1) is 16.7 Å². The van der Waals surface area contributed by atoms with Gasteiger partial charge < -0.3 is 4.74 Å². The largest absolute Gasteiger partial charge is 0.373 e. The summed E-state index contributed by atoms with van der Waals surface area (Å²) in [7, 11) is 0. The first-order valence-electron chi connectivity index (χ1n) is 4.88. The Kier molecular flexibility index (Phi) is 2.06. The van der Waals surface area contributed by atoms with E-state index in [1.165, 1.54) is 19.3 Å². The van der Waals surface area contributed by atoms with Crippen LogP contribution in [0.3, 0.4) is 0 Å². The highest BCUT2D eigenvalue weighted by molar-refractivity contribution is 5.03. The van der Waals surface area contributed by atoms with E-state index in [4.69, 9.17) is 10.00 Å². The molecule has 0 N–H and O–H groups in total. The Morgan fingerprint density at radius 1 is 1.33 bits per heavy atom. The molecule has 1 aliphatic carbocycles. The van der Waals surface area contributed by atoms with Gasteiger partial charge in [-0.05, 0) is 19.3 Å². The highest BCUT2D eigenvalue weighted by Crippen LogP contribution is 2.41. The Balaban J connectivity index is 1.96. The van der Waals surface area contributed by atoms with Crippen molar-refractivity contribution in [2.45, 2.75) is 44.6 Å². The number of epoxide rings is 1. The lowest BCUT2D eigenvalue weighted by molar-refractivity contribution is 0.221. The van der Waals surface area contributed by atoms with E-state index < -0.39 is 0 Å². The Hall–Kier alpha value is -0.550. The fourth-order valence-corrected chi connectivity index (χ4v) is 2.21. The van der Waals surface area contributed by atoms with Crippen molar-refractivity contribution < 1.29 is 4.74 Å². The van der Waals surface area contributed by atoms with Crippen LogP contribution in [-0.4, -0.2) is 12.7 Å². The zero-order chi connectivity index (χ0) is 8.44. The predicted octanol–water partition coefficient (Wildman–Crippen LogP) is 2.25. The van der Waals surface area contributed by atoms with Crippen LogP contribution < -0.4 is 0 Å². The highest BCUT2D eigenvalue weighted by atomic mass is 16.6. The number of nitriles is 1. The second kappa shape index (κ2) is 3.06. The summed E-state index contributed by atoms with van der Waals surface area (Å²) in [6.45, 7) is 0.892. The number of hydrogen-bond donors (Lipinski definition) is 0. The molecule has 0 bridgehead atoms. The molecule has 0 amide bonds. The predicted molar refractivity (Wildman–Crippen MR) is 45.5 cm³/mol. The molecule has 1 aliphatic heterocycles. The quantitative estimate of drug-likeness (QED) is 0.588. The molecule has 66 valence electrons. The number of hydrogen-bond acceptors (Lipinski definition) is 2. The first-order valence-corrected chi connectivity index (χ1v) is 4.88. The lowest BCUT2D eigenvalue weighted by Crippen LogP contribution is -2.24. The van der Waals surface area contributed by atoms with Crippen LogP contribution in [0.5, 0.6) is 0 Å². The molecule has 0 spiro atoms. The molecule has 2 fully saturated rings. The summed E-state index contributed by atoms with van der Waals surface area (Å²) >= 11 is 0. The molecule has 0 aromatic carbocycles. The average Bonchev–Trinajstić information content (AvgIpc) is 2.90. The van der Waals surface area contributed by atoms with E-state index in [0.717, 1.165) is 25.9 Å². The molecule has 1 unspecified atom stereocenters. The third-order valence-corrected chi connectivity index (χ3v) is 3.07. The maximum absolute atomic E-state index is 9.11. The van der Waals surface area contributed by atoms with Crippen LogP contribution in [0.2, 0.25) is 0 Å². The van der Waals surface area contributed by atoms with Crippen LogP contribution in [-0.2, 0) is 4.74 Å². The molecule has 0 aromatic rings. The molecule has 2 nitrogen and oxygen atoms in total. The van der Waals surface area contributed by atoms with Gasteiger partial charge in [-0.25, -0.2) is 0 Å². The van der Waals surface area contributed by atoms with Gasteiger partial charge in [0.05, 0.1) is 24.2 Å². The van der Waals surface area contributed by atoms with Gasteiger partial charge in [-0.1, -0.05) is 19.3 Å². The monoisotopic (exact) mass is 165 g/mol. The normalized spacial score (nSPS) is 32.4. The van der Waals surface area contributed by atoms with E-state index in [1.807, 2.05) is 0 Å². The van der Waals surface area contributed by atoms with Gasteiger partial charge in [0.15, 0.2) is 0 Å². The van der Waals surface area contributed by atoms with Crippen molar-refractivity contribution in [1.29, 1.82) is 5.26 Å². The molecule has 2 heteroatoms. The van der Waals surface area contributed by atoms with Gasteiger partial charge in [-0.2, -0.15) is 5.26 Å². The van der Waals surface area contributed by atoms with Crippen molar-refractivity contribution in [3.05, 3.63) is 0 Å². The summed E-state index contributed by atoms with van der Waals surface area (Å²) in [5, 5.41) is 9.11. The fraction of sp³-hybridized carbons (Fsp3) is 0.900. The van der Waals surface area contributed by atoms with E-state index in [0.29, 0.717) is 6.10 Å². The van der Waals surface area contributed by atoms with Gasteiger partial charge in [-0.15, -0.1) is 0 Å². The van der Waals surface area contributed by atoms with Crippen LogP contribution in [0.25, 0.3) is 0 Å². The van der Waals surface area contributed by atoms with Crippen molar-refractivity contribution >= 4 is 0 Å². The van der Waals surface area contributed by atoms with Gasteiger partial charge in [0.25, 0.3) is 0 Å². The fourth-order valence-electron chi connectivity index (χ4n) is 2.21. The second-order valence-electron chi connectivity index (χ2n) is 4.11. The summed E-state index contributed by atoms with van der Waals surface area (Å²) in [6.07, 6.45) is 7.40. The first-order chi connectivity index (χ1) is 5.85. The topological polar surface area (TPSA) is 36.3 Å². The van der Waals surface area contributed by atoms with E-state index >= 15 is 0 Å². The van der Waals surface area contributed by atoms with Gasteiger partial charge in [-0.3, -0.25) is 0 Å². The molecular formula is C10H15NO. The van der Waals surface area contributed by atoms with Crippen LogP contribution in [0.1, 0.15) is 38.5 Å².